The van der Waals surface area contributed by atoms with Crippen molar-refractivity contribution in [3.8, 4) is 0 Å². The molecule has 0 spiro atoms. The molecule has 1 fully saturated rings. The maximum Gasteiger partial charge on any atom is 0.324 e. The number of urea groups is 1. The number of amides is 3. The molecule has 8 heteroatoms. The lowest BCUT2D eigenvalue weighted by Gasteiger charge is -2.47. The first-order valence-electron chi connectivity index (χ1n) is 12.1. The zero-order valence-electron chi connectivity index (χ0n) is 20.5. The quantitative estimate of drug-likeness (QED) is 0.558. The fraction of sp³-hybridized carbons (Fsp3) is 0.538. The molecule has 0 unspecified atom stereocenters. The van der Waals surface area contributed by atoms with E-state index in [0.717, 1.165) is 37.9 Å². The molecule has 2 N–H and O–H groups in total. The first-order chi connectivity index (χ1) is 15.9. The van der Waals surface area contributed by atoms with Gasteiger partial charge in [-0.2, -0.15) is 0 Å². The van der Waals surface area contributed by atoms with Crippen molar-refractivity contribution >= 4 is 35.2 Å². The Kier molecular flexibility index (Phi) is 8.79. The fourth-order valence-electron chi connectivity index (χ4n) is 5.68. The average Bonchev–Trinajstić information content (AvgIpc) is 3.21. The first-order valence-corrected chi connectivity index (χ1v) is 12.1. The molecule has 0 radical (unpaired) electrons. The maximum atomic E-state index is 13.7. The third-order valence-electron chi connectivity index (χ3n) is 7.11. The summed E-state index contributed by atoms with van der Waals surface area (Å²) >= 11 is 0. The van der Waals surface area contributed by atoms with E-state index in [9.17, 15) is 9.59 Å². The number of piperidine rings is 1. The summed E-state index contributed by atoms with van der Waals surface area (Å²) in [4.78, 5) is 35.9. The molecule has 1 aliphatic carbocycles. The Labute approximate surface area is 208 Å². The van der Waals surface area contributed by atoms with E-state index >= 15 is 0 Å². The summed E-state index contributed by atoms with van der Waals surface area (Å²) in [5.41, 5.74) is 3.84. The van der Waals surface area contributed by atoms with E-state index < -0.39 is 0 Å². The van der Waals surface area contributed by atoms with Crippen molar-refractivity contribution in [3.63, 3.8) is 0 Å². The Morgan fingerprint density at radius 3 is 2.79 bits per heavy atom. The molecule has 1 saturated heterocycles. The monoisotopic (exact) mass is 487 g/mol. The Hall–Kier alpha value is -2.35. The van der Waals surface area contributed by atoms with E-state index in [1.54, 1.807) is 0 Å². The Bertz CT molecular complexity index is 1020. The van der Waals surface area contributed by atoms with Crippen LogP contribution in [-0.4, -0.2) is 84.5 Å². The van der Waals surface area contributed by atoms with Crippen LogP contribution in [0.25, 0.3) is 10.9 Å². The first kappa shape index (κ1) is 26.3. The summed E-state index contributed by atoms with van der Waals surface area (Å²) in [5.74, 6) is -0.0133. The van der Waals surface area contributed by atoms with Gasteiger partial charge in [0.1, 0.15) is 0 Å². The van der Waals surface area contributed by atoms with Crippen LogP contribution in [0, 0.1) is 5.92 Å². The van der Waals surface area contributed by atoms with Crippen LogP contribution in [0.3, 0.4) is 0 Å². The van der Waals surface area contributed by atoms with Crippen molar-refractivity contribution in [1.82, 2.24) is 25.0 Å². The van der Waals surface area contributed by atoms with Crippen LogP contribution in [0.15, 0.2) is 37.1 Å². The second kappa shape index (κ2) is 11.4. The number of nitrogens with one attached hydrogen (secondary N) is 2. The number of nitrogens with zero attached hydrogens (tertiary/aromatic N) is 3. The number of rotatable bonds is 8. The number of aromatic amines is 1. The molecule has 7 nitrogen and oxygen atoms in total. The minimum Gasteiger partial charge on any atom is -0.361 e. The molecule has 3 atom stereocenters. The van der Waals surface area contributed by atoms with E-state index in [1.165, 1.54) is 21.4 Å². The lowest BCUT2D eigenvalue weighted by molar-refractivity contribution is -0.135. The molecule has 186 valence electrons. The highest BCUT2D eigenvalue weighted by molar-refractivity contribution is 5.96. The van der Waals surface area contributed by atoms with Gasteiger partial charge in [-0.05, 0) is 64.0 Å². The SMILES string of the molecule is C=CCN1C[C@H](C(=O)N(CCCN(C)C)C(=O)NCC)C[C@@H]2c3cccc4[nH]cc(c34)C[C@H]21.Cl. The van der Waals surface area contributed by atoms with Crippen molar-refractivity contribution < 1.29 is 9.59 Å². The van der Waals surface area contributed by atoms with Gasteiger partial charge in [-0.25, -0.2) is 4.79 Å². The van der Waals surface area contributed by atoms with Crippen molar-refractivity contribution in [1.29, 1.82) is 0 Å². The number of hydrogen-bond donors (Lipinski definition) is 2. The molecule has 0 saturated carbocycles. The highest BCUT2D eigenvalue weighted by Crippen LogP contribution is 2.45. The number of aromatic nitrogens is 1. The van der Waals surface area contributed by atoms with Crippen molar-refractivity contribution in [2.24, 2.45) is 5.92 Å². The van der Waals surface area contributed by atoms with E-state index in [0.29, 0.717) is 25.7 Å². The zero-order valence-corrected chi connectivity index (χ0v) is 21.4. The number of benzene rings is 1. The molecule has 2 aromatic rings. The number of likely N-dealkylation sites (tertiary alicyclic amines) is 1. The summed E-state index contributed by atoms with van der Waals surface area (Å²) in [5, 5.41) is 4.16. The van der Waals surface area contributed by atoms with E-state index in [4.69, 9.17) is 0 Å². The van der Waals surface area contributed by atoms with Crippen molar-refractivity contribution in [2.75, 3.05) is 46.8 Å². The second-order valence-corrected chi connectivity index (χ2v) is 9.62. The molecular weight excluding hydrogens is 450 g/mol. The predicted molar refractivity (Wildman–Crippen MR) is 140 cm³/mol. The topological polar surface area (TPSA) is 71.7 Å². The highest BCUT2D eigenvalue weighted by atomic mass is 35.5. The summed E-state index contributed by atoms with van der Waals surface area (Å²) in [6.07, 6.45) is 6.56. The van der Waals surface area contributed by atoms with Gasteiger partial charge in [-0.1, -0.05) is 18.2 Å². The van der Waals surface area contributed by atoms with Gasteiger partial charge in [0, 0.05) is 55.2 Å². The van der Waals surface area contributed by atoms with Crippen LogP contribution < -0.4 is 5.32 Å². The van der Waals surface area contributed by atoms with Gasteiger partial charge in [0.05, 0.1) is 5.92 Å². The summed E-state index contributed by atoms with van der Waals surface area (Å²) in [6, 6.07) is 6.50. The molecular formula is C26H38ClN5O2. The van der Waals surface area contributed by atoms with E-state index in [-0.39, 0.29) is 36.2 Å². The molecule has 0 bridgehead atoms. The molecule has 3 amide bonds. The standard InChI is InChI=1S/C26H37N5O2.ClH/c1-5-11-30-17-19(25(32)31(26(33)27-6-2)13-8-12-29(3)4)14-21-20-9-7-10-22-24(20)18(16-28-22)15-23(21)30;/h5,7,9-10,16,19,21,23,28H,1,6,8,11-15,17H2,2-4H3,(H,27,33);1H/t19-,21-,23-;/m1./s1. The van der Waals surface area contributed by atoms with Crippen molar-refractivity contribution in [3.05, 3.63) is 48.2 Å². The predicted octanol–water partition coefficient (Wildman–Crippen LogP) is 3.62. The average molecular weight is 488 g/mol. The number of imide groups is 1. The third kappa shape index (κ3) is 5.16. The van der Waals surface area contributed by atoms with Gasteiger partial charge in [-0.3, -0.25) is 14.6 Å². The van der Waals surface area contributed by atoms with Gasteiger partial charge in [-0.15, -0.1) is 19.0 Å². The van der Waals surface area contributed by atoms with Crippen LogP contribution in [0.2, 0.25) is 0 Å². The van der Waals surface area contributed by atoms with E-state index in [1.807, 2.05) is 27.1 Å². The second-order valence-electron chi connectivity index (χ2n) is 9.62. The lowest BCUT2D eigenvalue weighted by Crippen LogP contribution is -2.55. The Morgan fingerprint density at radius 1 is 1.29 bits per heavy atom. The van der Waals surface area contributed by atoms with Gasteiger partial charge >= 0.3 is 6.03 Å². The van der Waals surface area contributed by atoms with Gasteiger partial charge < -0.3 is 15.2 Å². The van der Waals surface area contributed by atoms with Crippen LogP contribution in [0.4, 0.5) is 4.79 Å². The highest BCUT2D eigenvalue weighted by Gasteiger charge is 2.43. The van der Waals surface area contributed by atoms with Gasteiger partial charge in [0.2, 0.25) is 5.91 Å². The number of carbonyl (C=O) groups is 2. The summed E-state index contributed by atoms with van der Waals surface area (Å²) < 4.78 is 0. The molecule has 34 heavy (non-hydrogen) atoms. The number of H-pyrrole nitrogens is 1. The minimum absolute atomic E-state index is 0. The minimum atomic E-state index is -0.280. The molecule has 2 aliphatic rings. The zero-order chi connectivity index (χ0) is 23.5. The third-order valence-corrected chi connectivity index (χ3v) is 7.11. The molecule has 2 heterocycles. The lowest BCUT2D eigenvalue weighted by atomic mass is 9.72. The van der Waals surface area contributed by atoms with Crippen LogP contribution in [0.5, 0.6) is 0 Å². The summed E-state index contributed by atoms with van der Waals surface area (Å²) in [7, 11) is 4.01. The molecule has 1 aromatic carbocycles. The van der Waals surface area contributed by atoms with Gasteiger partial charge in [0.25, 0.3) is 0 Å². The van der Waals surface area contributed by atoms with Crippen LogP contribution >= 0.6 is 12.4 Å². The summed E-state index contributed by atoms with van der Waals surface area (Å²) in [6.45, 7) is 9.02. The smallest absolute Gasteiger partial charge is 0.324 e. The van der Waals surface area contributed by atoms with Crippen molar-refractivity contribution in [2.45, 2.75) is 38.1 Å². The number of halogens is 1. The molecule has 4 rings (SSSR count). The Balaban J connectivity index is 0.00000324. The normalized spacial score (nSPS) is 21.6. The molecule has 1 aromatic heterocycles. The molecule has 1 aliphatic heterocycles. The van der Waals surface area contributed by atoms with Crippen LogP contribution in [0.1, 0.15) is 36.8 Å². The number of carbonyl (C=O) groups excluding carboxylic acids is 2. The number of fused-ring (bicyclic) bond motifs is 2. The van der Waals surface area contributed by atoms with Gasteiger partial charge in [0.15, 0.2) is 0 Å². The van der Waals surface area contributed by atoms with E-state index in [2.05, 4.69) is 51.1 Å². The largest absolute Gasteiger partial charge is 0.361 e. The van der Waals surface area contributed by atoms with Crippen LogP contribution in [-0.2, 0) is 11.2 Å². The Morgan fingerprint density at radius 2 is 2.09 bits per heavy atom. The maximum absolute atomic E-state index is 13.7. The number of hydrogen-bond acceptors (Lipinski definition) is 4. The fourth-order valence-corrected chi connectivity index (χ4v) is 5.68.